The molecule has 0 atom stereocenters. The van der Waals surface area contributed by atoms with Crippen LogP contribution in [0.3, 0.4) is 0 Å². The van der Waals surface area contributed by atoms with Gasteiger partial charge in [0.05, 0.1) is 39.6 Å². The van der Waals surface area contributed by atoms with Crippen molar-refractivity contribution in [3.05, 3.63) is 146 Å². The number of ether oxygens (including phenoxy) is 6. The van der Waals surface area contributed by atoms with Gasteiger partial charge in [-0.05, 0) is 39.5 Å². The fraction of sp³-hybridized carbons (Fsp3) is 0.300. The first kappa shape index (κ1) is 47.3. The second-order valence-corrected chi connectivity index (χ2v) is 16.2. The number of fused-ring (bicyclic) bond motifs is 6. The van der Waals surface area contributed by atoms with E-state index in [1.807, 2.05) is 38.1 Å². The van der Waals surface area contributed by atoms with Crippen molar-refractivity contribution in [2.24, 2.45) is 0 Å². The molecule has 0 aliphatic carbocycles. The Labute approximate surface area is 391 Å². The van der Waals surface area contributed by atoms with E-state index in [9.17, 15) is 0 Å². The summed E-state index contributed by atoms with van der Waals surface area (Å²) in [5, 5.41) is 13.5. The first-order chi connectivity index (χ1) is 32.6. The van der Waals surface area contributed by atoms with Crippen molar-refractivity contribution < 1.29 is 28.4 Å². The molecule has 0 saturated carbocycles. The highest BCUT2D eigenvalue weighted by Crippen LogP contribution is 2.45. The molecule has 0 bridgehead atoms. The zero-order valence-corrected chi connectivity index (χ0v) is 39.8. The van der Waals surface area contributed by atoms with Crippen molar-refractivity contribution in [3.63, 3.8) is 0 Å². The molecule has 0 radical (unpaired) electrons. The highest BCUT2D eigenvalue weighted by molar-refractivity contribution is 6.13. The minimum atomic E-state index is 0.655. The lowest BCUT2D eigenvalue weighted by Gasteiger charge is -2.17. The Kier molecular flexibility index (Phi) is 17.2. The maximum absolute atomic E-state index is 6.20. The normalized spacial score (nSPS) is 11.0. The van der Waals surface area contributed by atoms with E-state index < -0.39 is 0 Å². The van der Waals surface area contributed by atoms with Crippen LogP contribution in [0.5, 0.6) is 34.5 Å². The molecule has 6 heteroatoms. The van der Waals surface area contributed by atoms with Crippen LogP contribution in [0.25, 0.3) is 64.6 Å². The van der Waals surface area contributed by atoms with Crippen molar-refractivity contribution in [3.8, 4) is 34.5 Å². The molecular formula is C60H66O6. The minimum Gasteiger partial charge on any atom is -0.493 e. The molecule has 0 heterocycles. The molecule has 9 aromatic rings. The van der Waals surface area contributed by atoms with E-state index in [0.717, 1.165) is 164 Å². The number of hydrogen-bond donors (Lipinski definition) is 0. The fourth-order valence-electron chi connectivity index (χ4n) is 8.41. The molecular weight excluding hydrogens is 817 g/mol. The van der Waals surface area contributed by atoms with Crippen molar-refractivity contribution >= 4 is 64.6 Å². The van der Waals surface area contributed by atoms with Crippen LogP contribution in [0.15, 0.2) is 146 Å². The van der Waals surface area contributed by atoms with E-state index in [1.54, 1.807) is 0 Å². The molecule has 0 amide bonds. The maximum Gasteiger partial charge on any atom is 0.135 e. The lowest BCUT2D eigenvalue weighted by molar-refractivity contribution is 0.311. The average Bonchev–Trinajstić information content (AvgIpc) is 3.37. The molecule has 9 rings (SSSR count). The van der Waals surface area contributed by atoms with Gasteiger partial charge in [-0.3, -0.25) is 0 Å². The molecule has 342 valence electrons. The molecule has 0 aromatic heterocycles. The summed E-state index contributed by atoms with van der Waals surface area (Å²) in [4.78, 5) is 0. The molecule has 66 heavy (non-hydrogen) atoms. The maximum atomic E-state index is 6.20. The lowest BCUT2D eigenvalue weighted by atomic mass is 10.0. The van der Waals surface area contributed by atoms with Gasteiger partial charge in [-0.1, -0.05) is 186 Å². The van der Waals surface area contributed by atoms with Crippen molar-refractivity contribution in [2.75, 3.05) is 39.6 Å². The lowest BCUT2D eigenvalue weighted by Crippen LogP contribution is -2.01. The van der Waals surface area contributed by atoms with Crippen LogP contribution in [0.2, 0.25) is 0 Å². The Bertz CT molecular complexity index is 2600. The summed E-state index contributed by atoms with van der Waals surface area (Å²) in [7, 11) is 0. The highest BCUT2D eigenvalue weighted by Gasteiger charge is 2.18. The van der Waals surface area contributed by atoms with Crippen molar-refractivity contribution in [1.29, 1.82) is 0 Å². The minimum absolute atomic E-state index is 0.655. The SMILES string of the molecule is CCCCOc1c2ccccc2c(OCCCC)c2ccccc12.CCCOc1c2ccccc2c(OCCC)c2ccccc12.CCOc1c2ccccc2c(OCC)c2ccccc12. The molecule has 0 fully saturated rings. The zero-order valence-electron chi connectivity index (χ0n) is 39.8. The van der Waals surface area contributed by atoms with E-state index in [2.05, 4.69) is 149 Å². The third kappa shape index (κ3) is 10.6. The summed E-state index contributed by atoms with van der Waals surface area (Å²) in [6.07, 6.45) is 6.39. The predicted octanol–water partition coefficient (Wildman–Crippen LogP) is 16.7. The number of benzene rings is 9. The Balaban J connectivity index is 0.000000148. The Morgan fingerprint density at radius 2 is 0.409 bits per heavy atom. The first-order valence-corrected chi connectivity index (χ1v) is 24.2. The van der Waals surface area contributed by atoms with Gasteiger partial charge in [0.1, 0.15) is 34.5 Å². The van der Waals surface area contributed by atoms with Crippen molar-refractivity contribution in [2.45, 2.75) is 80.1 Å². The zero-order chi connectivity index (χ0) is 46.1. The molecule has 6 nitrogen and oxygen atoms in total. The molecule has 0 aliphatic heterocycles. The van der Waals surface area contributed by atoms with Crippen LogP contribution >= 0.6 is 0 Å². The standard InChI is InChI=1S/C22H26O2.C20H22O2.C18H18O2/c1-3-5-15-23-21-17-11-7-9-13-19(17)22(24-16-6-4-2)20-14-10-8-12-18(20)21;1-3-13-21-19-15-9-5-7-11-17(15)20(22-14-4-2)18-12-8-6-10-16(18)19;1-3-19-17-13-9-5-7-11-15(13)18(20-4-2)16-12-8-6-10-14(16)17/h7-14H,3-6,15-16H2,1-2H3;5-12H,3-4,13-14H2,1-2H3;5-12H,3-4H2,1-2H3. The summed E-state index contributed by atoms with van der Waals surface area (Å²) in [6, 6.07) is 50.0. The number of unbranched alkanes of at least 4 members (excludes halogenated alkanes) is 2. The highest BCUT2D eigenvalue weighted by atomic mass is 16.5. The third-order valence-corrected chi connectivity index (χ3v) is 11.5. The van der Waals surface area contributed by atoms with Gasteiger partial charge in [-0.2, -0.15) is 0 Å². The van der Waals surface area contributed by atoms with Crippen LogP contribution in [0, 0.1) is 0 Å². The van der Waals surface area contributed by atoms with Gasteiger partial charge in [0.2, 0.25) is 0 Å². The van der Waals surface area contributed by atoms with Crippen molar-refractivity contribution in [1.82, 2.24) is 0 Å². The summed E-state index contributed by atoms with van der Waals surface area (Å²) in [5.74, 6) is 5.80. The van der Waals surface area contributed by atoms with Gasteiger partial charge >= 0.3 is 0 Å². The van der Waals surface area contributed by atoms with Crippen LogP contribution in [0.4, 0.5) is 0 Å². The van der Waals surface area contributed by atoms with Gasteiger partial charge in [-0.25, -0.2) is 0 Å². The van der Waals surface area contributed by atoms with Crippen LogP contribution in [-0.2, 0) is 0 Å². The predicted molar refractivity (Wildman–Crippen MR) is 279 cm³/mol. The van der Waals surface area contributed by atoms with Gasteiger partial charge in [-0.15, -0.1) is 0 Å². The van der Waals surface area contributed by atoms with Crippen LogP contribution < -0.4 is 28.4 Å². The third-order valence-electron chi connectivity index (χ3n) is 11.5. The van der Waals surface area contributed by atoms with E-state index >= 15 is 0 Å². The molecule has 0 N–H and O–H groups in total. The molecule has 0 unspecified atom stereocenters. The van der Waals surface area contributed by atoms with Gasteiger partial charge in [0.15, 0.2) is 0 Å². The molecule has 0 saturated heterocycles. The second-order valence-electron chi connectivity index (χ2n) is 16.2. The quantitative estimate of drug-likeness (QED) is 0.0632. The van der Waals surface area contributed by atoms with Gasteiger partial charge < -0.3 is 28.4 Å². The summed E-state index contributed by atoms with van der Waals surface area (Å²) in [5.41, 5.74) is 0. The average molecular weight is 883 g/mol. The summed E-state index contributed by atoms with van der Waals surface area (Å²) >= 11 is 0. The van der Waals surface area contributed by atoms with Gasteiger partial charge in [0.25, 0.3) is 0 Å². The summed E-state index contributed by atoms with van der Waals surface area (Å²) < 4.78 is 36.4. The van der Waals surface area contributed by atoms with E-state index in [-0.39, 0.29) is 0 Å². The van der Waals surface area contributed by atoms with E-state index in [0.29, 0.717) is 13.2 Å². The molecule has 0 spiro atoms. The van der Waals surface area contributed by atoms with Gasteiger partial charge in [0, 0.05) is 64.6 Å². The molecule has 0 aliphatic rings. The van der Waals surface area contributed by atoms with Crippen LogP contribution in [0.1, 0.15) is 80.1 Å². The molecule has 9 aromatic carbocycles. The fourth-order valence-corrected chi connectivity index (χ4v) is 8.41. The van der Waals surface area contributed by atoms with Crippen LogP contribution in [-0.4, -0.2) is 39.6 Å². The smallest absolute Gasteiger partial charge is 0.135 e. The largest absolute Gasteiger partial charge is 0.493 e. The number of hydrogen-bond acceptors (Lipinski definition) is 6. The Morgan fingerprint density at radius 1 is 0.227 bits per heavy atom. The number of rotatable bonds is 18. The van der Waals surface area contributed by atoms with E-state index in [4.69, 9.17) is 28.4 Å². The monoisotopic (exact) mass is 882 g/mol. The second kappa shape index (κ2) is 24.0. The topological polar surface area (TPSA) is 55.4 Å². The first-order valence-electron chi connectivity index (χ1n) is 24.2. The van der Waals surface area contributed by atoms with E-state index in [1.165, 1.54) is 0 Å². The Hall–Kier alpha value is -6.66. The Morgan fingerprint density at radius 3 is 0.576 bits per heavy atom. The summed E-state index contributed by atoms with van der Waals surface area (Å²) in [6.45, 7) is 16.9.